The molecule has 7 nitrogen and oxygen atoms in total. The van der Waals surface area contributed by atoms with Crippen molar-refractivity contribution < 1.29 is 4.74 Å². The van der Waals surface area contributed by atoms with Gasteiger partial charge >= 0.3 is 6.01 Å². The highest BCUT2D eigenvalue weighted by atomic mass is 35.5. The molecule has 1 atom stereocenters. The van der Waals surface area contributed by atoms with Gasteiger partial charge in [0, 0.05) is 12.4 Å². The van der Waals surface area contributed by atoms with Crippen LogP contribution in [0.1, 0.15) is 25.2 Å². The van der Waals surface area contributed by atoms with Crippen LogP contribution in [0.5, 0.6) is 6.01 Å². The average molecular weight is 269 g/mol. The number of ether oxygens (including phenoxy) is 1. The molecule has 0 aliphatic heterocycles. The Morgan fingerprint density at radius 1 is 1.44 bits per heavy atom. The number of rotatable bonds is 5. The molecule has 0 aliphatic carbocycles. The van der Waals surface area contributed by atoms with Crippen molar-refractivity contribution in [2.75, 3.05) is 12.4 Å². The maximum Gasteiger partial charge on any atom is 0.322 e. The lowest BCUT2D eigenvalue weighted by molar-refractivity contribution is 0.378. The zero-order valence-electron chi connectivity index (χ0n) is 10.0. The second-order valence-electron chi connectivity index (χ2n) is 3.49. The van der Waals surface area contributed by atoms with Crippen molar-refractivity contribution in [3.8, 4) is 6.01 Å². The molecule has 2 N–H and O–H groups in total. The molecule has 0 aromatic carbocycles. The Morgan fingerprint density at radius 2 is 2.28 bits per heavy atom. The molecule has 1 unspecified atom stereocenters. The molecular formula is C10H13ClN6O. The summed E-state index contributed by atoms with van der Waals surface area (Å²) in [5.41, 5.74) is 0. The number of imidazole rings is 1. The summed E-state index contributed by atoms with van der Waals surface area (Å²) in [4.78, 5) is 19.1. The summed E-state index contributed by atoms with van der Waals surface area (Å²) in [5, 5.41) is 3.21. The van der Waals surface area contributed by atoms with Crippen LogP contribution in [-0.4, -0.2) is 32.0 Å². The average Bonchev–Trinajstić information content (AvgIpc) is 2.89. The highest BCUT2D eigenvalue weighted by Crippen LogP contribution is 2.19. The third-order valence-electron chi connectivity index (χ3n) is 2.33. The van der Waals surface area contributed by atoms with Crippen LogP contribution in [0.2, 0.25) is 5.28 Å². The van der Waals surface area contributed by atoms with Gasteiger partial charge in [-0.3, -0.25) is 0 Å². The van der Waals surface area contributed by atoms with Crippen molar-refractivity contribution >= 4 is 17.5 Å². The number of methoxy groups -OCH3 is 1. The van der Waals surface area contributed by atoms with E-state index in [0.717, 1.165) is 12.2 Å². The van der Waals surface area contributed by atoms with E-state index >= 15 is 0 Å². The van der Waals surface area contributed by atoms with E-state index in [2.05, 4.69) is 30.2 Å². The van der Waals surface area contributed by atoms with E-state index in [1.165, 1.54) is 7.11 Å². The summed E-state index contributed by atoms with van der Waals surface area (Å²) in [7, 11) is 1.47. The largest absolute Gasteiger partial charge is 0.467 e. The third-order valence-corrected chi connectivity index (χ3v) is 2.50. The van der Waals surface area contributed by atoms with Crippen LogP contribution in [0.25, 0.3) is 0 Å². The first-order chi connectivity index (χ1) is 8.72. The van der Waals surface area contributed by atoms with Crippen molar-refractivity contribution in [1.29, 1.82) is 0 Å². The normalized spacial score (nSPS) is 12.2. The summed E-state index contributed by atoms with van der Waals surface area (Å²) in [6.07, 6.45) is 4.28. The fraction of sp³-hybridized carbons (Fsp3) is 0.400. The van der Waals surface area contributed by atoms with Gasteiger partial charge in [0.15, 0.2) is 0 Å². The molecule has 96 valence electrons. The third kappa shape index (κ3) is 2.86. The smallest absolute Gasteiger partial charge is 0.322 e. The van der Waals surface area contributed by atoms with Gasteiger partial charge in [0.25, 0.3) is 0 Å². The van der Waals surface area contributed by atoms with Crippen molar-refractivity contribution in [2.45, 2.75) is 19.4 Å². The maximum atomic E-state index is 5.77. The zero-order valence-corrected chi connectivity index (χ0v) is 10.8. The number of anilines is 1. The lowest BCUT2D eigenvalue weighted by Gasteiger charge is -2.14. The minimum atomic E-state index is -0.0248. The van der Waals surface area contributed by atoms with Gasteiger partial charge in [-0.25, -0.2) is 4.98 Å². The van der Waals surface area contributed by atoms with Gasteiger partial charge in [-0.05, 0) is 18.0 Å². The molecule has 0 saturated heterocycles. The number of H-pyrrole nitrogens is 1. The molecule has 2 heterocycles. The van der Waals surface area contributed by atoms with Gasteiger partial charge in [-0.2, -0.15) is 15.0 Å². The molecule has 8 heteroatoms. The van der Waals surface area contributed by atoms with Crippen LogP contribution in [-0.2, 0) is 0 Å². The predicted molar refractivity (Wildman–Crippen MR) is 66.6 cm³/mol. The molecule has 0 saturated carbocycles. The molecule has 18 heavy (non-hydrogen) atoms. The van der Waals surface area contributed by atoms with Crippen LogP contribution in [0.3, 0.4) is 0 Å². The van der Waals surface area contributed by atoms with Crippen LogP contribution in [0, 0.1) is 0 Å². The monoisotopic (exact) mass is 268 g/mol. The fourth-order valence-corrected chi connectivity index (χ4v) is 1.63. The lowest BCUT2D eigenvalue weighted by atomic mass is 10.2. The number of aromatic nitrogens is 5. The zero-order chi connectivity index (χ0) is 13.0. The minimum Gasteiger partial charge on any atom is -0.467 e. The Bertz CT molecular complexity index is 503. The van der Waals surface area contributed by atoms with Crippen LogP contribution in [0.4, 0.5) is 5.95 Å². The second kappa shape index (κ2) is 5.63. The van der Waals surface area contributed by atoms with Crippen molar-refractivity contribution in [1.82, 2.24) is 24.9 Å². The van der Waals surface area contributed by atoms with Gasteiger partial charge in [0.1, 0.15) is 5.82 Å². The molecule has 0 aliphatic rings. The first kappa shape index (κ1) is 12.6. The van der Waals surface area contributed by atoms with Gasteiger partial charge < -0.3 is 15.0 Å². The Kier molecular flexibility index (Phi) is 3.93. The maximum absolute atomic E-state index is 5.77. The van der Waals surface area contributed by atoms with Gasteiger partial charge in [0.05, 0.1) is 13.2 Å². The van der Waals surface area contributed by atoms with Crippen LogP contribution < -0.4 is 10.1 Å². The molecule has 0 bridgehead atoms. The molecule has 0 fully saturated rings. The Hall–Kier alpha value is -1.89. The van der Waals surface area contributed by atoms with Crippen molar-refractivity contribution in [3.63, 3.8) is 0 Å². The summed E-state index contributed by atoms with van der Waals surface area (Å²) >= 11 is 5.77. The number of halogens is 1. The summed E-state index contributed by atoms with van der Waals surface area (Å²) in [5.74, 6) is 1.17. The van der Waals surface area contributed by atoms with Crippen molar-refractivity contribution in [3.05, 3.63) is 23.5 Å². The molecule has 2 aromatic heterocycles. The molecule has 0 spiro atoms. The Balaban J connectivity index is 2.19. The highest BCUT2D eigenvalue weighted by molar-refractivity contribution is 6.28. The molecule has 2 aromatic rings. The van der Waals surface area contributed by atoms with E-state index in [9.17, 15) is 0 Å². The minimum absolute atomic E-state index is 0.0248. The summed E-state index contributed by atoms with van der Waals surface area (Å²) in [6, 6.07) is 0.148. The lowest BCUT2D eigenvalue weighted by Crippen LogP contribution is -2.14. The first-order valence-corrected chi connectivity index (χ1v) is 5.82. The first-order valence-electron chi connectivity index (χ1n) is 5.44. The van der Waals surface area contributed by atoms with Crippen LogP contribution >= 0.6 is 11.6 Å². The number of nitrogens with one attached hydrogen (secondary N) is 2. The van der Waals surface area contributed by atoms with Gasteiger partial charge in [0.2, 0.25) is 11.2 Å². The van der Waals surface area contributed by atoms with Gasteiger partial charge in [-0.1, -0.05) is 6.92 Å². The fourth-order valence-electron chi connectivity index (χ4n) is 1.48. The number of nitrogens with zero attached hydrogens (tertiary/aromatic N) is 4. The molecule has 0 radical (unpaired) electrons. The van der Waals surface area contributed by atoms with Crippen LogP contribution in [0.15, 0.2) is 12.4 Å². The van der Waals surface area contributed by atoms with Gasteiger partial charge in [-0.15, -0.1) is 0 Å². The van der Waals surface area contributed by atoms with E-state index in [1.54, 1.807) is 12.4 Å². The summed E-state index contributed by atoms with van der Waals surface area (Å²) < 4.78 is 4.93. The molecular weight excluding hydrogens is 256 g/mol. The SMILES string of the molecule is CCC(Nc1nc(Cl)nc(OC)n1)c1ncc[nH]1. The topological polar surface area (TPSA) is 88.6 Å². The highest BCUT2D eigenvalue weighted by Gasteiger charge is 2.14. The van der Waals surface area contributed by atoms with E-state index in [1.807, 2.05) is 6.92 Å². The standard InChI is InChI=1S/C10H13ClN6O/c1-3-6(7-12-4-5-13-7)14-9-15-8(11)16-10(17-9)18-2/h4-6H,3H2,1-2H3,(H,12,13)(H,14,15,16,17). The van der Waals surface area contributed by atoms with E-state index < -0.39 is 0 Å². The van der Waals surface area contributed by atoms with E-state index in [-0.39, 0.29) is 17.3 Å². The predicted octanol–water partition coefficient (Wildman–Crippen LogP) is 1.82. The number of hydrogen-bond donors (Lipinski definition) is 2. The number of hydrogen-bond acceptors (Lipinski definition) is 6. The second-order valence-corrected chi connectivity index (χ2v) is 3.83. The number of aromatic amines is 1. The van der Waals surface area contributed by atoms with Crippen molar-refractivity contribution in [2.24, 2.45) is 0 Å². The van der Waals surface area contributed by atoms with E-state index in [4.69, 9.17) is 16.3 Å². The van der Waals surface area contributed by atoms with E-state index in [0.29, 0.717) is 5.95 Å². The quantitative estimate of drug-likeness (QED) is 0.860. The molecule has 0 amide bonds. The molecule has 2 rings (SSSR count). The Labute approximate surface area is 109 Å². The summed E-state index contributed by atoms with van der Waals surface area (Å²) in [6.45, 7) is 2.03. The Morgan fingerprint density at radius 3 is 2.89 bits per heavy atom.